The third-order valence-corrected chi connectivity index (χ3v) is 6.22. The molecule has 0 saturated heterocycles. The molecule has 0 N–H and O–H groups in total. The van der Waals surface area contributed by atoms with Gasteiger partial charge in [-0.25, -0.2) is 4.79 Å². The number of fused-ring (bicyclic) bond motifs is 3. The van der Waals surface area contributed by atoms with Gasteiger partial charge in [-0.3, -0.25) is 13.9 Å². The molecule has 0 unspecified atom stereocenters. The maximum atomic E-state index is 13.6. The fourth-order valence-electron chi connectivity index (χ4n) is 4.58. The molecule has 0 amide bonds. The number of para-hydroxylation sites is 2. The number of methoxy groups -OCH3 is 1. The van der Waals surface area contributed by atoms with Gasteiger partial charge in [-0.15, -0.1) is 0 Å². The molecule has 0 spiro atoms. The number of hydrogen-bond donors (Lipinski definition) is 0. The van der Waals surface area contributed by atoms with Gasteiger partial charge in [0.25, 0.3) is 5.56 Å². The lowest BCUT2D eigenvalue weighted by Crippen LogP contribution is -2.40. The quantitative estimate of drug-likeness (QED) is 0.459. The van der Waals surface area contributed by atoms with Gasteiger partial charge in [0.1, 0.15) is 5.75 Å². The van der Waals surface area contributed by atoms with Crippen LogP contribution < -0.4 is 20.9 Å². The summed E-state index contributed by atoms with van der Waals surface area (Å²) in [5.41, 5.74) is 2.01. The molecular formula is C26H27N5O3. The highest BCUT2D eigenvalue weighted by Gasteiger charge is 2.30. The molecule has 4 aromatic rings. The van der Waals surface area contributed by atoms with Gasteiger partial charge in [0.05, 0.1) is 12.8 Å². The standard InChI is InChI=1S/C26H27N5O3/c1-18-16-30(20-13-7-8-14-21(20)34-3)25-27-23-22(31(25)17-18)24(32)29(26(33)28(23)2)15-9-12-19-10-5-4-6-11-19/h4-14,18H,15-17H2,1-3H3/b12-9+/t18-/m0/s1. The van der Waals surface area contributed by atoms with E-state index >= 15 is 0 Å². The smallest absolute Gasteiger partial charge is 0.332 e. The SMILES string of the molecule is COc1ccccc1N1C[C@H](C)Cn2c1nc1c2c(=O)n(C/C=C/c2ccccc2)c(=O)n1C. The number of aromatic nitrogens is 4. The first kappa shape index (κ1) is 21.8. The maximum Gasteiger partial charge on any atom is 0.332 e. The van der Waals surface area contributed by atoms with Crippen LogP contribution in [0.15, 0.2) is 70.3 Å². The minimum atomic E-state index is -0.387. The molecule has 0 bridgehead atoms. The molecule has 1 aliphatic rings. The van der Waals surface area contributed by atoms with E-state index in [0.29, 0.717) is 23.7 Å². The normalized spacial score (nSPS) is 15.7. The van der Waals surface area contributed by atoms with Crippen molar-refractivity contribution in [1.29, 1.82) is 0 Å². The Morgan fingerprint density at radius 3 is 2.56 bits per heavy atom. The van der Waals surface area contributed by atoms with Crippen molar-refractivity contribution in [3.63, 3.8) is 0 Å². The average Bonchev–Trinajstić information content (AvgIpc) is 3.24. The van der Waals surface area contributed by atoms with Crippen molar-refractivity contribution in [3.05, 3.63) is 87.1 Å². The molecule has 0 fully saturated rings. The molecule has 174 valence electrons. The van der Waals surface area contributed by atoms with E-state index in [0.717, 1.165) is 23.5 Å². The second kappa shape index (κ2) is 8.70. The third-order valence-electron chi connectivity index (χ3n) is 6.22. The molecule has 0 aliphatic carbocycles. The van der Waals surface area contributed by atoms with Crippen LogP contribution in [-0.4, -0.2) is 32.3 Å². The molecule has 0 saturated carbocycles. The summed E-state index contributed by atoms with van der Waals surface area (Å²) in [5.74, 6) is 1.63. The van der Waals surface area contributed by atoms with E-state index in [9.17, 15) is 9.59 Å². The maximum absolute atomic E-state index is 13.6. The summed E-state index contributed by atoms with van der Waals surface area (Å²) in [6, 6.07) is 17.5. The summed E-state index contributed by atoms with van der Waals surface area (Å²) in [6.45, 7) is 3.69. The van der Waals surface area contributed by atoms with E-state index in [1.165, 1.54) is 9.13 Å². The van der Waals surface area contributed by atoms with E-state index in [-0.39, 0.29) is 23.7 Å². The first-order chi connectivity index (χ1) is 16.5. The van der Waals surface area contributed by atoms with Crippen molar-refractivity contribution < 1.29 is 4.74 Å². The Hall–Kier alpha value is -4.07. The first-order valence-corrected chi connectivity index (χ1v) is 11.3. The zero-order chi connectivity index (χ0) is 23.8. The molecule has 1 aliphatic heterocycles. The van der Waals surface area contributed by atoms with Crippen LogP contribution in [0.1, 0.15) is 12.5 Å². The summed E-state index contributed by atoms with van der Waals surface area (Å²) in [7, 11) is 3.30. The summed E-state index contributed by atoms with van der Waals surface area (Å²) >= 11 is 0. The molecule has 8 nitrogen and oxygen atoms in total. The van der Waals surface area contributed by atoms with Crippen LogP contribution in [-0.2, 0) is 20.1 Å². The highest BCUT2D eigenvalue weighted by atomic mass is 16.5. The lowest BCUT2D eigenvalue weighted by Gasteiger charge is -2.33. The Labute approximate surface area is 197 Å². The first-order valence-electron chi connectivity index (χ1n) is 11.3. The topological polar surface area (TPSA) is 74.3 Å². The van der Waals surface area contributed by atoms with E-state index in [2.05, 4.69) is 11.8 Å². The number of allylic oxidation sites excluding steroid dienone is 1. The van der Waals surface area contributed by atoms with Crippen LogP contribution in [0.5, 0.6) is 5.75 Å². The van der Waals surface area contributed by atoms with Crippen molar-refractivity contribution in [2.75, 3.05) is 18.6 Å². The van der Waals surface area contributed by atoms with E-state index < -0.39 is 0 Å². The summed E-state index contributed by atoms with van der Waals surface area (Å²) in [4.78, 5) is 33.5. The third kappa shape index (κ3) is 3.61. The second-order valence-corrected chi connectivity index (χ2v) is 8.65. The molecule has 5 rings (SSSR count). The minimum Gasteiger partial charge on any atom is -0.495 e. The highest BCUT2D eigenvalue weighted by molar-refractivity contribution is 5.78. The fraction of sp³-hybridized carbons (Fsp3) is 0.269. The summed E-state index contributed by atoms with van der Waals surface area (Å²) in [6.07, 6.45) is 3.74. The van der Waals surface area contributed by atoms with Crippen molar-refractivity contribution in [2.45, 2.75) is 20.0 Å². The van der Waals surface area contributed by atoms with E-state index in [1.54, 1.807) is 14.2 Å². The number of rotatable bonds is 5. The molecule has 8 heteroatoms. The summed E-state index contributed by atoms with van der Waals surface area (Å²) in [5, 5.41) is 0. The van der Waals surface area contributed by atoms with Gasteiger partial charge in [0, 0.05) is 26.7 Å². The van der Waals surface area contributed by atoms with Gasteiger partial charge in [-0.2, -0.15) is 4.98 Å². The van der Waals surface area contributed by atoms with Gasteiger partial charge in [0.15, 0.2) is 11.2 Å². The molecule has 34 heavy (non-hydrogen) atoms. The molecule has 3 heterocycles. The van der Waals surface area contributed by atoms with Gasteiger partial charge in [-0.05, 0) is 23.6 Å². The largest absolute Gasteiger partial charge is 0.495 e. The molecule has 1 atom stereocenters. The molecule has 0 radical (unpaired) electrons. The van der Waals surface area contributed by atoms with Crippen molar-refractivity contribution in [2.24, 2.45) is 13.0 Å². The lowest BCUT2D eigenvalue weighted by atomic mass is 10.1. The van der Waals surface area contributed by atoms with Crippen LogP contribution in [0.3, 0.4) is 0 Å². The van der Waals surface area contributed by atoms with Crippen LogP contribution >= 0.6 is 0 Å². The van der Waals surface area contributed by atoms with Crippen molar-refractivity contribution in [3.8, 4) is 5.75 Å². The van der Waals surface area contributed by atoms with Crippen molar-refractivity contribution in [1.82, 2.24) is 18.7 Å². The minimum absolute atomic E-state index is 0.183. The fourth-order valence-corrected chi connectivity index (χ4v) is 4.58. The van der Waals surface area contributed by atoms with E-state index in [4.69, 9.17) is 9.72 Å². The number of aryl methyl sites for hydroxylation is 1. The highest BCUT2D eigenvalue weighted by Crippen LogP contribution is 2.37. The van der Waals surface area contributed by atoms with Crippen LogP contribution in [0.25, 0.3) is 17.2 Å². The van der Waals surface area contributed by atoms with Crippen LogP contribution in [0, 0.1) is 5.92 Å². The predicted octanol–water partition coefficient (Wildman–Crippen LogP) is 3.41. The van der Waals surface area contributed by atoms with Crippen LogP contribution in [0.4, 0.5) is 11.6 Å². The Morgan fingerprint density at radius 2 is 1.79 bits per heavy atom. The molecular weight excluding hydrogens is 430 g/mol. The number of hydrogen-bond acceptors (Lipinski definition) is 5. The van der Waals surface area contributed by atoms with E-state index in [1.807, 2.05) is 71.3 Å². The van der Waals surface area contributed by atoms with Gasteiger partial charge in [-0.1, -0.05) is 61.5 Å². The second-order valence-electron chi connectivity index (χ2n) is 8.65. The number of imidazole rings is 1. The zero-order valence-electron chi connectivity index (χ0n) is 19.5. The predicted molar refractivity (Wildman–Crippen MR) is 134 cm³/mol. The number of anilines is 2. The Morgan fingerprint density at radius 1 is 1.06 bits per heavy atom. The molecule has 2 aromatic carbocycles. The van der Waals surface area contributed by atoms with Gasteiger partial charge >= 0.3 is 5.69 Å². The summed E-state index contributed by atoms with van der Waals surface area (Å²) < 4.78 is 10.3. The zero-order valence-corrected chi connectivity index (χ0v) is 19.5. The number of benzene rings is 2. The lowest BCUT2D eigenvalue weighted by molar-refractivity contribution is 0.409. The van der Waals surface area contributed by atoms with Gasteiger partial charge < -0.3 is 14.2 Å². The Balaban J connectivity index is 1.65. The van der Waals surface area contributed by atoms with Crippen molar-refractivity contribution >= 4 is 28.9 Å². The Kier molecular flexibility index (Phi) is 5.57. The monoisotopic (exact) mass is 457 g/mol. The average molecular weight is 458 g/mol. The molecule has 2 aromatic heterocycles. The number of nitrogens with zero attached hydrogens (tertiary/aromatic N) is 5. The van der Waals surface area contributed by atoms with Gasteiger partial charge in [0.2, 0.25) is 5.95 Å². The van der Waals surface area contributed by atoms with Crippen LogP contribution in [0.2, 0.25) is 0 Å². The number of ether oxygens (including phenoxy) is 1. The Bertz CT molecular complexity index is 1500.